The molecule has 3 heterocycles. The van der Waals surface area contributed by atoms with Crippen LogP contribution in [0.3, 0.4) is 0 Å². The van der Waals surface area contributed by atoms with Gasteiger partial charge in [-0.05, 0) is 39.8 Å². The summed E-state index contributed by atoms with van der Waals surface area (Å²) in [6.07, 6.45) is 3.18. The fourth-order valence-electron chi connectivity index (χ4n) is 2.22. The number of ether oxygens (including phenoxy) is 1. The molecule has 0 unspecified atom stereocenters. The predicted molar refractivity (Wildman–Crippen MR) is 94.7 cm³/mol. The van der Waals surface area contributed by atoms with Crippen molar-refractivity contribution in [3.63, 3.8) is 0 Å². The van der Waals surface area contributed by atoms with Crippen LogP contribution in [0.4, 0.5) is 17.2 Å². The molecular formula is C17H20N6O2. The summed E-state index contributed by atoms with van der Waals surface area (Å²) in [4.78, 5) is 13.0. The monoisotopic (exact) mass is 340 g/mol. The minimum atomic E-state index is 0.0133. The molecule has 0 aliphatic carbocycles. The van der Waals surface area contributed by atoms with Crippen LogP contribution in [0.25, 0.3) is 11.5 Å². The van der Waals surface area contributed by atoms with Gasteiger partial charge in [0.15, 0.2) is 5.82 Å². The number of nitrogen functional groups attached to an aromatic ring is 1. The van der Waals surface area contributed by atoms with Gasteiger partial charge in [0.05, 0.1) is 29.9 Å². The number of aryl methyl sites for hydroxylation is 2. The normalized spacial score (nSPS) is 10.9. The van der Waals surface area contributed by atoms with Crippen molar-refractivity contribution in [1.82, 2.24) is 20.1 Å². The van der Waals surface area contributed by atoms with Gasteiger partial charge in [-0.15, -0.1) is 0 Å². The highest BCUT2D eigenvalue weighted by Gasteiger charge is 2.18. The Morgan fingerprint density at radius 3 is 2.64 bits per heavy atom. The largest absolute Gasteiger partial charge is 0.474 e. The molecule has 3 N–H and O–H groups in total. The highest BCUT2D eigenvalue weighted by molar-refractivity contribution is 5.76. The Morgan fingerprint density at radius 2 is 1.92 bits per heavy atom. The Balaban J connectivity index is 1.93. The van der Waals surface area contributed by atoms with Crippen molar-refractivity contribution in [3.05, 3.63) is 35.9 Å². The molecule has 3 aromatic heterocycles. The van der Waals surface area contributed by atoms with E-state index in [1.54, 1.807) is 24.5 Å². The molecular weight excluding hydrogens is 320 g/mol. The molecule has 0 amide bonds. The summed E-state index contributed by atoms with van der Waals surface area (Å²) < 4.78 is 11.0. The van der Waals surface area contributed by atoms with E-state index in [2.05, 4.69) is 25.4 Å². The third kappa shape index (κ3) is 3.68. The minimum Gasteiger partial charge on any atom is -0.474 e. The van der Waals surface area contributed by atoms with Gasteiger partial charge >= 0.3 is 0 Å². The Kier molecular flexibility index (Phi) is 4.51. The molecule has 3 aromatic rings. The van der Waals surface area contributed by atoms with Crippen LogP contribution < -0.4 is 15.8 Å². The first-order valence-electron chi connectivity index (χ1n) is 7.89. The van der Waals surface area contributed by atoms with Gasteiger partial charge in [0.1, 0.15) is 17.1 Å². The Bertz CT molecular complexity index is 891. The summed E-state index contributed by atoms with van der Waals surface area (Å²) >= 11 is 0. The Labute approximate surface area is 145 Å². The van der Waals surface area contributed by atoms with Crippen molar-refractivity contribution in [2.45, 2.75) is 33.8 Å². The smallest absolute Gasteiger partial charge is 0.234 e. The molecule has 25 heavy (non-hydrogen) atoms. The molecule has 8 heteroatoms. The van der Waals surface area contributed by atoms with Gasteiger partial charge in [0, 0.05) is 0 Å². The van der Waals surface area contributed by atoms with Crippen LogP contribution in [-0.2, 0) is 0 Å². The average molecular weight is 340 g/mol. The summed E-state index contributed by atoms with van der Waals surface area (Å²) in [7, 11) is 0. The first-order valence-corrected chi connectivity index (χ1v) is 7.89. The summed E-state index contributed by atoms with van der Waals surface area (Å²) in [5, 5.41) is 7.21. The number of hydrogen-bond donors (Lipinski definition) is 2. The number of anilines is 3. The van der Waals surface area contributed by atoms with Crippen molar-refractivity contribution in [1.29, 1.82) is 0 Å². The van der Waals surface area contributed by atoms with Gasteiger partial charge in [-0.3, -0.25) is 4.98 Å². The van der Waals surface area contributed by atoms with Crippen molar-refractivity contribution < 1.29 is 9.26 Å². The van der Waals surface area contributed by atoms with Crippen LogP contribution >= 0.6 is 0 Å². The lowest BCUT2D eigenvalue weighted by Gasteiger charge is -2.10. The first-order chi connectivity index (χ1) is 11.9. The number of aromatic nitrogens is 4. The van der Waals surface area contributed by atoms with Gasteiger partial charge in [0.25, 0.3) is 0 Å². The van der Waals surface area contributed by atoms with Crippen molar-refractivity contribution in [2.24, 2.45) is 0 Å². The number of nitrogens with one attached hydrogen (secondary N) is 1. The van der Waals surface area contributed by atoms with Crippen LogP contribution in [-0.4, -0.2) is 26.2 Å². The number of pyridine rings is 1. The Morgan fingerprint density at radius 1 is 1.12 bits per heavy atom. The van der Waals surface area contributed by atoms with E-state index in [1.807, 2.05) is 27.7 Å². The van der Waals surface area contributed by atoms with E-state index in [1.165, 1.54) is 0 Å². The molecule has 0 spiro atoms. The van der Waals surface area contributed by atoms with E-state index in [-0.39, 0.29) is 6.10 Å². The highest BCUT2D eigenvalue weighted by Crippen LogP contribution is 2.32. The summed E-state index contributed by atoms with van der Waals surface area (Å²) in [6.45, 7) is 7.53. The average Bonchev–Trinajstić information content (AvgIpc) is 2.91. The SMILES string of the molecule is Cc1nc(-c2onc(C)c2Nc2cncc(OC(C)C)n2)ccc1N. The van der Waals surface area contributed by atoms with E-state index in [4.69, 9.17) is 15.0 Å². The number of nitrogens with two attached hydrogens (primary N) is 1. The molecule has 0 atom stereocenters. The van der Waals surface area contributed by atoms with Crippen LogP contribution in [0, 0.1) is 13.8 Å². The lowest BCUT2D eigenvalue weighted by Crippen LogP contribution is -2.08. The zero-order valence-electron chi connectivity index (χ0n) is 14.6. The fourth-order valence-corrected chi connectivity index (χ4v) is 2.22. The fraction of sp³-hybridized carbons (Fsp3) is 0.294. The molecule has 0 radical (unpaired) electrons. The second-order valence-electron chi connectivity index (χ2n) is 5.88. The van der Waals surface area contributed by atoms with Crippen LogP contribution in [0.1, 0.15) is 25.2 Å². The molecule has 0 aliphatic heterocycles. The minimum absolute atomic E-state index is 0.0133. The lowest BCUT2D eigenvalue weighted by atomic mass is 10.2. The maximum absolute atomic E-state index is 5.83. The molecule has 0 saturated carbocycles. The van der Waals surface area contributed by atoms with E-state index in [9.17, 15) is 0 Å². The van der Waals surface area contributed by atoms with Crippen molar-refractivity contribution in [2.75, 3.05) is 11.1 Å². The first kappa shape index (κ1) is 16.7. The van der Waals surface area contributed by atoms with Crippen molar-refractivity contribution in [3.8, 4) is 17.3 Å². The molecule has 0 aromatic carbocycles. The van der Waals surface area contributed by atoms with Gasteiger partial charge in [-0.2, -0.15) is 4.98 Å². The quantitative estimate of drug-likeness (QED) is 0.728. The van der Waals surface area contributed by atoms with Gasteiger partial charge in [0.2, 0.25) is 11.6 Å². The highest BCUT2D eigenvalue weighted by atomic mass is 16.5. The summed E-state index contributed by atoms with van der Waals surface area (Å²) in [5.74, 6) is 1.48. The van der Waals surface area contributed by atoms with Crippen LogP contribution in [0.15, 0.2) is 29.0 Å². The molecule has 3 rings (SSSR count). The number of nitrogens with zero attached hydrogens (tertiary/aromatic N) is 4. The van der Waals surface area contributed by atoms with Gasteiger partial charge in [-0.1, -0.05) is 5.16 Å². The standard InChI is InChI=1S/C17H20N6O2/c1-9(2)24-15-8-19-7-14(21-15)22-16-11(4)23-25-17(16)13-6-5-12(18)10(3)20-13/h5-9H,18H2,1-4H3,(H,21,22). The molecule has 130 valence electrons. The molecule has 0 fully saturated rings. The van der Waals surface area contributed by atoms with Gasteiger partial charge < -0.3 is 20.3 Å². The van der Waals surface area contributed by atoms with E-state index in [0.29, 0.717) is 40.2 Å². The topological polar surface area (TPSA) is 112 Å². The zero-order chi connectivity index (χ0) is 18.0. The Hall–Kier alpha value is -3.16. The van der Waals surface area contributed by atoms with E-state index >= 15 is 0 Å². The van der Waals surface area contributed by atoms with Crippen LogP contribution in [0.5, 0.6) is 5.88 Å². The number of hydrogen-bond acceptors (Lipinski definition) is 8. The molecule has 0 aliphatic rings. The van der Waals surface area contributed by atoms with E-state index < -0.39 is 0 Å². The van der Waals surface area contributed by atoms with Gasteiger partial charge in [-0.25, -0.2) is 4.98 Å². The number of rotatable bonds is 5. The molecule has 0 bridgehead atoms. The zero-order valence-corrected chi connectivity index (χ0v) is 14.6. The van der Waals surface area contributed by atoms with Crippen molar-refractivity contribution >= 4 is 17.2 Å². The molecule has 0 saturated heterocycles. The second-order valence-corrected chi connectivity index (χ2v) is 5.88. The maximum Gasteiger partial charge on any atom is 0.234 e. The third-order valence-corrected chi connectivity index (χ3v) is 3.44. The third-order valence-electron chi connectivity index (χ3n) is 3.44. The summed E-state index contributed by atoms with van der Waals surface area (Å²) in [5.41, 5.74) is 9.18. The maximum atomic E-state index is 5.83. The molecule has 8 nitrogen and oxygen atoms in total. The summed E-state index contributed by atoms with van der Waals surface area (Å²) in [6, 6.07) is 3.58. The second kappa shape index (κ2) is 6.76. The predicted octanol–water partition coefficient (Wildman–Crippen LogP) is 3.26. The lowest BCUT2D eigenvalue weighted by molar-refractivity contribution is 0.232. The van der Waals surface area contributed by atoms with Crippen LogP contribution in [0.2, 0.25) is 0 Å². The van der Waals surface area contributed by atoms with E-state index in [0.717, 1.165) is 5.69 Å².